The van der Waals surface area contributed by atoms with Crippen molar-refractivity contribution < 1.29 is 14.7 Å². The van der Waals surface area contributed by atoms with Gasteiger partial charge in [-0.3, -0.25) is 9.48 Å². The number of carbonyl (C=O) groups excluding carboxylic acids is 1. The summed E-state index contributed by atoms with van der Waals surface area (Å²) in [5.74, 6) is -1.42. The standard InChI is InChI=1S/C15H23N3O3/c1-6-15(7-2,14(20)21)16-13(19)9-8-12-10(3)17-18(5)11(12)4/h8-9H,6-7H2,1-5H3,(H,16,19)(H,20,21). The summed E-state index contributed by atoms with van der Waals surface area (Å²) in [5.41, 5.74) is 1.45. The van der Waals surface area contributed by atoms with E-state index in [2.05, 4.69) is 10.4 Å². The normalized spacial score (nSPS) is 11.9. The lowest BCUT2D eigenvalue weighted by Crippen LogP contribution is -2.53. The molecule has 0 radical (unpaired) electrons. The molecular formula is C15H23N3O3. The first kappa shape index (κ1) is 16.9. The fourth-order valence-electron chi connectivity index (χ4n) is 2.25. The van der Waals surface area contributed by atoms with E-state index in [1.807, 2.05) is 20.9 Å². The van der Waals surface area contributed by atoms with Crippen molar-refractivity contribution in [3.05, 3.63) is 23.0 Å². The molecule has 0 spiro atoms. The van der Waals surface area contributed by atoms with E-state index in [1.165, 1.54) is 6.08 Å². The minimum Gasteiger partial charge on any atom is -0.480 e. The molecule has 1 aromatic heterocycles. The Morgan fingerprint density at radius 1 is 1.33 bits per heavy atom. The van der Waals surface area contributed by atoms with Gasteiger partial charge in [-0.05, 0) is 32.8 Å². The Bertz CT molecular complexity index is 569. The molecule has 6 nitrogen and oxygen atoms in total. The Hall–Kier alpha value is -2.11. The molecule has 1 aromatic rings. The van der Waals surface area contributed by atoms with Gasteiger partial charge < -0.3 is 10.4 Å². The number of carboxylic acids is 1. The molecule has 0 bridgehead atoms. The van der Waals surface area contributed by atoms with Gasteiger partial charge in [-0.15, -0.1) is 0 Å². The molecular weight excluding hydrogens is 270 g/mol. The SMILES string of the molecule is CCC(CC)(NC(=O)C=Cc1c(C)nn(C)c1C)C(=O)O. The Balaban J connectivity index is 2.91. The van der Waals surface area contributed by atoms with E-state index in [0.717, 1.165) is 17.0 Å². The zero-order chi connectivity index (χ0) is 16.2. The summed E-state index contributed by atoms with van der Waals surface area (Å²) in [7, 11) is 1.84. The van der Waals surface area contributed by atoms with Crippen molar-refractivity contribution in [2.24, 2.45) is 7.05 Å². The number of aliphatic carboxylic acids is 1. The zero-order valence-electron chi connectivity index (χ0n) is 13.2. The van der Waals surface area contributed by atoms with Crippen LogP contribution in [0.1, 0.15) is 43.6 Å². The van der Waals surface area contributed by atoms with Crippen molar-refractivity contribution in [3.8, 4) is 0 Å². The number of nitrogens with one attached hydrogen (secondary N) is 1. The molecule has 0 atom stereocenters. The van der Waals surface area contributed by atoms with E-state index in [0.29, 0.717) is 12.8 Å². The van der Waals surface area contributed by atoms with Crippen LogP contribution in [0.25, 0.3) is 6.08 Å². The number of nitrogens with zero attached hydrogens (tertiary/aromatic N) is 2. The van der Waals surface area contributed by atoms with Crippen molar-refractivity contribution in [2.75, 3.05) is 0 Å². The Labute approximate surface area is 124 Å². The van der Waals surface area contributed by atoms with Crippen LogP contribution in [0.4, 0.5) is 0 Å². The summed E-state index contributed by atoms with van der Waals surface area (Å²) in [6, 6.07) is 0. The molecule has 0 aliphatic carbocycles. The van der Waals surface area contributed by atoms with E-state index >= 15 is 0 Å². The van der Waals surface area contributed by atoms with Crippen LogP contribution in [0.2, 0.25) is 0 Å². The van der Waals surface area contributed by atoms with E-state index in [1.54, 1.807) is 24.6 Å². The third-order valence-electron chi connectivity index (χ3n) is 3.95. The van der Waals surface area contributed by atoms with E-state index in [-0.39, 0.29) is 0 Å². The van der Waals surface area contributed by atoms with Gasteiger partial charge in [0, 0.05) is 24.4 Å². The maximum atomic E-state index is 12.0. The van der Waals surface area contributed by atoms with Crippen molar-refractivity contribution >= 4 is 18.0 Å². The summed E-state index contributed by atoms with van der Waals surface area (Å²) in [6.45, 7) is 7.27. The van der Waals surface area contributed by atoms with Gasteiger partial charge in [-0.2, -0.15) is 5.10 Å². The van der Waals surface area contributed by atoms with E-state index in [9.17, 15) is 14.7 Å². The largest absolute Gasteiger partial charge is 0.480 e. The molecule has 21 heavy (non-hydrogen) atoms. The minimum atomic E-state index is -1.21. The maximum absolute atomic E-state index is 12.0. The number of aryl methyl sites for hydroxylation is 2. The number of hydrogen-bond donors (Lipinski definition) is 2. The number of aromatic nitrogens is 2. The highest BCUT2D eigenvalue weighted by molar-refractivity contribution is 5.96. The van der Waals surface area contributed by atoms with Crippen LogP contribution >= 0.6 is 0 Å². The summed E-state index contributed by atoms with van der Waals surface area (Å²) in [4.78, 5) is 23.3. The first-order valence-corrected chi connectivity index (χ1v) is 7.01. The molecule has 0 saturated heterocycles. The second-order valence-electron chi connectivity index (χ2n) is 5.13. The van der Waals surface area contributed by atoms with Crippen LogP contribution in [0.15, 0.2) is 6.08 Å². The topological polar surface area (TPSA) is 84.2 Å². The lowest BCUT2D eigenvalue weighted by molar-refractivity contribution is -0.147. The maximum Gasteiger partial charge on any atom is 0.329 e. The zero-order valence-corrected chi connectivity index (χ0v) is 13.2. The first-order chi connectivity index (χ1) is 9.77. The fourth-order valence-corrected chi connectivity index (χ4v) is 2.25. The van der Waals surface area contributed by atoms with Crippen LogP contribution in [0.3, 0.4) is 0 Å². The Morgan fingerprint density at radius 3 is 2.29 bits per heavy atom. The second-order valence-corrected chi connectivity index (χ2v) is 5.13. The van der Waals surface area contributed by atoms with Gasteiger partial charge in [0.05, 0.1) is 5.69 Å². The van der Waals surface area contributed by atoms with Crippen molar-refractivity contribution in [2.45, 2.75) is 46.1 Å². The molecule has 0 saturated carbocycles. The molecule has 1 rings (SSSR count). The number of carbonyl (C=O) groups is 2. The first-order valence-electron chi connectivity index (χ1n) is 7.01. The van der Waals surface area contributed by atoms with Crippen LogP contribution in [-0.2, 0) is 16.6 Å². The van der Waals surface area contributed by atoms with Gasteiger partial charge in [0.1, 0.15) is 5.54 Å². The third-order valence-corrected chi connectivity index (χ3v) is 3.95. The highest BCUT2D eigenvalue weighted by atomic mass is 16.4. The van der Waals surface area contributed by atoms with Gasteiger partial charge in [-0.1, -0.05) is 13.8 Å². The highest BCUT2D eigenvalue weighted by Gasteiger charge is 2.35. The van der Waals surface area contributed by atoms with Gasteiger partial charge in [0.2, 0.25) is 5.91 Å². The van der Waals surface area contributed by atoms with Crippen molar-refractivity contribution in [3.63, 3.8) is 0 Å². The Morgan fingerprint density at radius 2 is 1.90 bits per heavy atom. The summed E-state index contributed by atoms with van der Waals surface area (Å²) in [6.07, 6.45) is 3.71. The molecule has 0 aliphatic rings. The molecule has 6 heteroatoms. The average Bonchev–Trinajstić information content (AvgIpc) is 2.67. The molecule has 116 valence electrons. The predicted octanol–water partition coefficient (Wildman–Crippen LogP) is 1.81. The van der Waals surface area contributed by atoms with Crippen LogP contribution in [0, 0.1) is 13.8 Å². The molecule has 0 aromatic carbocycles. The number of rotatable bonds is 6. The Kier molecular flexibility index (Phi) is 5.29. The number of amides is 1. The van der Waals surface area contributed by atoms with Crippen LogP contribution < -0.4 is 5.32 Å². The van der Waals surface area contributed by atoms with Crippen LogP contribution in [0.5, 0.6) is 0 Å². The quantitative estimate of drug-likeness (QED) is 0.783. The summed E-state index contributed by atoms with van der Waals surface area (Å²) >= 11 is 0. The third kappa shape index (κ3) is 3.51. The molecule has 1 heterocycles. The van der Waals surface area contributed by atoms with Gasteiger partial charge >= 0.3 is 5.97 Å². The fraction of sp³-hybridized carbons (Fsp3) is 0.533. The predicted molar refractivity (Wildman–Crippen MR) is 80.8 cm³/mol. The average molecular weight is 293 g/mol. The summed E-state index contributed by atoms with van der Waals surface area (Å²) < 4.78 is 1.74. The van der Waals surface area contributed by atoms with Crippen molar-refractivity contribution in [1.82, 2.24) is 15.1 Å². The van der Waals surface area contributed by atoms with Gasteiger partial charge in [0.25, 0.3) is 0 Å². The minimum absolute atomic E-state index is 0.337. The smallest absolute Gasteiger partial charge is 0.329 e. The van der Waals surface area contributed by atoms with Crippen LogP contribution in [-0.4, -0.2) is 32.3 Å². The monoisotopic (exact) mass is 293 g/mol. The molecule has 0 unspecified atom stereocenters. The molecule has 0 fully saturated rings. The second kappa shape index (κ2) is 6.56. The highest BCUT2D eigenvalue weighted by Crippen LogP contribution is 2.16. The number of carboxylic acid groups (broad SMARTS) is 1. The van der Waals surface area contributed by atoms with Crippen molar-refractivity contribution in [1.29, 1.82) is 0 Å². The molecule has 1 amide bonds. The number of hydrogen-bond acceptors (Lipinski definition) is 3. The molecule has 0 aliphatic heterocycles. The lowest BCUT2D eigenvalue weighted by atomic mass is 9.93. The molecule has 2 N–H and O–H groups in total. The summed E-state index contributed by atoms with van der Waals surface area (Å²) in [5, 5.41) is 16.2. The van der Waals surface area contributed by atoms with Gasteiger partial charge in [0.15, 0.2) is 0 Å². The lowest BCUT2D eigenvalue weighted by Gasteiger charge is -2.27. The van der Waals surface area contributed by atoms with E-state index < -0.39 is 17.4 Å². The van der Waals surface area contributed by atoms with E-state index in [4.69, 9.17) is 0 Å². The van der Waals surface area contributed by atoms with Gasteiger partial charge in [-0.25, -0.2) is 4.79 Å².